The molecular weight excluding hydrogens is 176 g/mol. The van der Waals surface area contributed by atoms with E-state index in [1.807, 2.05) is 6.92 Å². The second-order valence-electron chi connectivity index (χ2n) is 5.51. The topological polar surface area (TPSA) is 29.5 Å². The van der Waals surface area contributed by atoms with Gasteiger partial charge < -0.3 is 9.84 Å². The Labute approximate surface area is 87.7 Å². The quantitative estimate of drug-likeness (QED) is 0.742. The van der Waals surface area contributed by atoms with Gasteiger partial charge in [-0.15, -0.1) is 0 Å². The molecule has 1 rings (SSSR count). The Kier molecular flexibility index (Phi) is 3.96. The lowest BCUT2D eigenvalue weighted by molar-refractivity contribution is -0.0838. The zero-order chi connectivity index (χ0) is 10.8. The fourth-order valence-electron chi connectivity index (χ4n) is 2.19. The van der Waals surface area contributed by atoms with Gasteiger partial charge in [-0.3, -0.25) is 0 Å². The highest BCUT2D eigenvalue weighted by molar-refractivity contribution is 4.77. The molecule has 0 bridgehead atoms. The molecule has 0 spiro atoms. The summed E-state index contributed by atoms with van der Waals surface area (Å²) in [5, 5.41) is 9.46. The van der Waals surface area contributed by atoms with E-state index >= 15 is 0 Å². The lowest BCUT2D eigenvalue weighted by Gasteiger charge is -2.34. The average molecular weight is 200 g/mol. The van der Waals surface area contributed by atoms with E-state index in [4.69, 9.17) is 4.74 Å². The Morgan fingerprint density at radius 3 is 2.00 bits per heavy atom. The maximum absolute atomic E-state index is 9.46. The number of ether oxygens (including phenoxy) is 1. The Hall–Kier alpha value is -0.0800. The zero-order valence-electron chi connectivity index (χ0n) is 9.92. The van der Waals surface area contributed by atoms with Crippen LogP contribution in [0.5, 0.6) is 0 Å². The zero-order valence-corrected chi connectivity index (χ0v) is 9.92. The average Bonchev–Trinajstić information content (AvgIpc) is 2.02. The summed E-state index contributed by atoms with van der Waals surface area (Å²) >= 11 is 0. The monoisotopic (exact) mass is 200 g/mol. The molecule has 2 nitrogen and oxygen atoms in total. The third kappa shape index (κ3) is 3.97. The summed E-state index contributed by atoms with van der Waals surface area (Å²) in [5.41, 5.74) is -0.0255. The molecule has 1 unspecified atom stereocenters. The first-order valence-corrected chi connectivity index (χ1v) is 5.74. The summed E-state index contributed by atoms with van der Waals surface area (Å²) in [6.45, 7) is 8.21. The van der Waals surface area contributed by atoms with Crippen molar-refractivity contribution in [2.75, 3.05) is 0 Å². The van der Waals surface area contributed by atoms with E-state index < -0.39 is 0 Å². The molecule has 1 N–H and O–H groups in total. The fraction of sp³-hybridized carbons (Fsp3) is 1.00. The van der Waals surface area contributed by atoms with E-state index in [1.54, 1.807) is 0 Å². The first kappa shape index (κ1) is 12.0. The summed E-state index contributed by atoms with van der Waals surface area (Å²) < 4.78 is 5.93. The first-order valence-electron chi connectivity index (χ1n) is 5.74. The summed E-state index contributed by atoms with van der Waals surface area (Å²) in [6.07, 6.45) is 4.69. The Balaban J connectivity index is 2.29. The van der Waals surface area contributed by atoms with Crippen LogP contribution in [-0.4, -0.2) is 22.9 Å². The maximum Gasteiger partial charge on any atom is 0.0602 e. The van der Waals surface area contributed by atoms with Crippen molar-refractivity contribution in [3.63, 3.8) is 0 Å². The molecule has 0 radical (unpaired) electrons. The van der Waals surface area contributed by atoms with Crippen LogP contribution in [0.25, 0.3) is 0 Å². The second kappa shape index (κ2) is 4.63. The highest BCUT2D eigenvalue weighted by atomic mass is 16.5. The molecule has 0 saturated heterocycles. The lowest BCUT2D eigenvalue weighted by Crippen LogP contribution is -2.32. The standard InChI is InChI=1S/C12H24O2/c1-9(13)10-5-7-11(8-6-10)14-12(2,3)4/h9-11,13H,5-8H2,1-4H3. The smallest absolute Gasteiger partial charge is 0.0602 e. The van der Waals surface area contributed by atoms with Gasteiger partial charge in [0.15, 0.2) is 0 Å². The molecule has 0 heterocycles. The van der Waals surface area contributed by atoms with Crippen molar-refractivity contribution in [3.8, 4) is 0 Å². The molecule has 1 aliphatic rings. The van der Waals surface area contributed by atoms with E-state index in [0.717, 1.165) is 25.7 Å². The minimum atomic E-state index is -0.148. The van der Waals surface area contributed by atoms with Crippen LogP contribution >= 0.6 is 0 Å². The van der Waals surface area contributed by atoms with Gasteiger partial charge in [-0.25, -0.2) is 0 Å². The number of aliphatic hydroxyl groups is 1. The van der Waals surface area contributed by atoms with Crippen LogP contribution in [0.1, 0.15) is 53.4 Å². The largest absolute Gasteiger partial charge is 0.393 e. The lowest BCUT2D eigenvalue weighted by atomic mass is 9.84. The number of hydrogen-bond acceptors (Lipinski definition) is 2. The van der Waals surface area contributed by atoms with Gasteiger partial charge in [0, 0.05) is 0 Å². The summed E-state index contributed by atoms with van der Waals surface area (Å²) in [7, 11) is 0. The molecule has 1 fully saturated rings. The van der Waals surface area contributed by atoms with Crippen molar-refractivity contribution in [1.82, 2.24) is 0 Å². The van der Waals surface area contributed by atoms with Crippen molar-refractivity contribution in [2.24, 2.45) is 5.92 Å². The van der Waals surface area contributed by atoms with Crippen molar-refractivity contribution >= 4 is 0 Å². The Morgan fingerprint density at radius 2 is 1.64 bits per heavy atom. The SMILES string of the molecule is CC(O)C1CCC(OC(C)(C)C)CC1. The molecule has 0 aliphatic heterocycles. The van der Waals surface area contributed by atoms with E-state index in [2.05, 4.69) is 20.8 Å². The van der Waals surface area contributed by atoms with Gasteiger partial charge in [-0.1, -0.05) is 0 Å². The fourth-order valence-corrected chi connectivity index (χ4v) is 2.19. The van der Waals surface area contributed by atoms with Gasteiger partial charge in [0.2, 0.25) is 0 Å². The van der Waals surface area contributed by atoms with E-state index in [1.165, 1.54) is 0 Å². The van der Waals surface area contributed by atoms with E-state index in [9.17, 15) is 5.11 Å². The van der Waals surface area contributed by atoms with Gasteiger partial charge in [0.05, 0.1) is 17.8 Å². The number of hydrogen-bond donors (Lipinski definition) is 1. The predicted octanol–water partition coefficient (Wildman–Crippen LogP) is 2.74. The normalized spacial score (nSPS) is 31.5. The molecule has 0 aromatic carbocycles. The molecular formula is C12H24O2. The van der Waals surface area contributed by atoms with E-state index in [-0.39, 0.29) is 11.7 Å². The van der Waals surface area contributed by atoms with Crippen molar-refractivity contribution in [2.45, 2.75) is 71.2 Å². The van der Waals surface area contributed by atoms with Crippen LogP contribution in [0.3, 0.4) is 0 Å². The van der Waals surface area contributed by atoms with Crippen LogP contribution < -0.4 is 0 Å². The second-order valence-corrected chi connectivity index (χ2v) is 5.51. The van der Waals surface area contributed by atoms with Crippen molar-refractivity contribution < 1.29 is 9.84 Å². The van der Waals surface area contributed by atoms with Gasteiger partial charge in [0.25, 0.3) is 0 Å². The number of aliphatic hydroxyl groups excluding tert-OH is 1. The third-order valence-corrected chi connectivity index (χ3v) is 2.92. The van der Waals surface area contributed by atoms with Crippen LogP contribution in [0, 0.1) is 5.92 Å². The Morgan fingerprint density at radius 1 is 1.14 bits per heavy atom. The van der Waals surface area contributed by atoms with Crippen LogP contribution in [-0.2, 0) is 4.74 Å². The molecule has 2 heteroatoms. The molecule has 0 aromatic rings. The molecule has 0 amide bonds. The van der Waals surface area contributed by atoms with Crippen LogP contribution in [0.2, 0.25) is 0 Å². The van der Waals surface area contributed by atoms with Gasteiger partial charge >= 0.3 is 0 Å². The maximum atomic E-state index is 9.46. The summed E-state index contributed by atoms with van der Waals surface area (Å²) in [6, 6.07) is 0. The first-order chi connectivity index (χ1) is 6.38. The molecule has 84 valence electrons. The predicted molar refractivity (Wildman–Crippen MR) is 58.3 cm³/mol. The Bertz CT molecular complexity index is 162. The molecule has 1 atom stereocenters. The van der Waals surface area contributed by atoms with Gasteiger partial charge in [0.1, 0.15) is 0 Å². The summed E-state index contributed by atoms with van der Waals surface area (Å²) in [4.78, 5) is 0. The van der Waals surface area contributed by atoms with Crippen LogP contribution in [0.15, 0.2) is 0 Å². The highest BCUT2D eigenvalue weighted by Gasteiger charge is 2.27. The molecule has 1 saturated carbocycles. The van der Waals surface area contributed by atoms with Gasteiger partial charge in [-0.05, 0) is 59.3 Å². The van der Waals surface area contributed by atoms with Gasteiger partial charge in [-0.2, -0.15) is 0 Å². The summed E-state index contributed by atoms with van der Waals surface area (Å²) in [5.74, 6) is 0.495. The number of rotatable bonds is 2. The van der Waals surface area contributed by atoms with E-state index in [0.29, 0.717) is 12.0 Å². The molecule has 14 heavy (non-hydrogen) atoms. The van der Waals surface area contributed by atoms with Crippen LogP contribution in [0.4, 0.5) is 0 Å². The molecule has 0 aromatic heterocycles. The minimum Gasteiger partial charge on any atom is -0.393 e. The van der Waals surface area contributed by atoms with Crippen molar-refractivity contribution in [3.05, 3.63) is 0 Å². The van der Waals surface area contributed by atoms with Crippen molar-refractivity contribution in [1.29, 1.82) is 0 Å². The highest BCUT2D eigenvalue weighted by Crippen LogP contribution is 2.30. The minimum absolute atomic E-state index is 0.0255. The third-order valence-electron chi connectivity index (χ3n) is 2.92. The molecule has 1 aliphatic carbocycles.